The van der Waals surface area contributed by atoms with Crippen molar-refractivity contribution in [3.05, 3.63) is 34.7 Å². The Balaban J connectivity index is 2.05. The van der Waals surface area contributed by atoms with Gasteiger partial charge >= 0.3 is 0 Å². The summed E-state index contributed by atoms with van der Waals surface area (Å²) in [6.45, 7) is 0.586. The van der Waals surface area contributed by atoms with E-state index in [1.807, 2.05) is 0 Å². The first-order chi connectivity index (χ1) is 9.92. The Kier molecular flexibility index (Phi) is 4.69. The number of piperidine rings is 1. The molecule has 7 nitrogen and oxygen atoms in total. The maximum Gasteiger partial charge on any atom is 0.220 e. The molecule has 1 amide bonds. The van der Waals surface area contributed by atoms with Gasteiger partial charge < -0.3 is 5.73 Å². The number of sulfonamides is 1. The molecule has 8 heteroatoms. The first-order valence-corrected chi connectivity index (χ1v) is 8.23. The standard InChI is InChI=1S/C13H17N3O4S/c14-13(17)11-4-6-16(7-5-11)21(19,20)9-10-2-1-3-12(8-10)15-18/h1-3,8,11H,4-7,9H2,(H2,14,17). The Morgan fingerprint density at radius 3 is 2.57 bits per heavy atom. The van der Waals surface area contributed by atoms with Crippen molar-refractivity contribution in [2.24, 2.45) is 16.8 Å². The van der Waals surface area contributed by atoms with Gasteiger partial charge in [-0.3, -0.25) is 4.79 Å². The van der Waals surface area contributed by atoms with Gasteiger partial charge in [0.25, 0.3) is 0 Å². The highest BCUT2D eigenvalue weighted by molar-refractivity contribution is 7.88. The summed E-state index contributed by atoms with van der Waals surface area (Å²) in [5.74, 6) is -0.812. The summed E-state index contributed by atoms with van der Waals surface area (Å²) < 4.78 is 26.0. The summed E-state index contributed by atoms with van der Waals surface area (Å²) in [5.41, 5.74) is 5.95. The Bertz CT molecular complexity index is 637. The molecule has 1 aliphatic heterocycles. The third kappa shape index (κ3) is 3.85. The second-order valence-corrected chi connectivity index (χ2v) is 7.06. The van der Waals surface area contributed by atoms with E-state index in [1.54, 1.807) is 12.1 Å². The third-order valence-electron chi connectivity index (χ3n) is 3.61. The van der Waals surface area contributed by atoms with Gasteiger partial charge in [-0.25, -0.2) is 12.7 Å². The normalized spacial score (nSPS) is 17.5. The van der Waals surface area contributed by atoms with Gasteiger partial charge in [0.2, 0.25) is 15.9 Å². The highest BCUT2D eigenvalue weighted by atomic mass is 32.2. The van der Waals surface area contributed by atoms with Crippen LogP contribution in [0.15, 0.2) is 29.4 Å². The zero-order valence-electron chi connectivity index (χ0n) is 11.4. The number of nitrogens with zero attached hydrogens (tertiary/aromatic N) is 2. The second kappa shape index (κ2) is 6.31. The summed E-state index contributed by atoms with van der Waals surface area (Å²) in [7, 11) is -3.47. The van der Waals surface area contributed by atoms with Gasteiger partial charge in [0.15, 0.2) is 0 Å². The molecule has 1 aromatic carbocycles. The molecular formula is C13H17N3O4S. The van der Waals surface area contributed by atoms with E-state index < -0.39 is 10.0 Å². The number of amides is 1. The van der Waals surface area contributed by atoms with E-state index >= 15 is 0 Å². The molecule has 2 rings (SSSR count). The van der Waals surface area contributed by atoms with E-state index in [-0.39, 0.29) is 23.3 Å². The van der Waals surface area contributed by atoms with Crippen LogP contribution in [0.25, 0.3) is 0 Å². The minimum atomic E-state index is -3.47. The van der Waals surface area contributed by atoms with Gasteiger partial charge in [-0.15, -0.1) is 4.91 Å². The zero-order valence-corrected chi connectivity index (χ0v) is 12.3. The van der Waals surface area contributed by atoms with Crippen molar-refractivity contribution in [2.75, 3.05) is 13.1 Å². The van der Waals surface area contributed by atoms with Gasteiger partial charge in [-0.1, -0.05) is 12.1 Å². The molecule has 1 fully saturated rings. The summed E-state index contributed by atoms with van der Waals surface area (Å²) in [4.78, 5) is 21.6. The lowest BCUT2D eigenvalue weighted by Gasteiger charge is -2.29. The molecule has 0 saturated carbocycles. The Morgan fingerprint density at radius 1 is 1.33 bits per heavy atom. The molecule has 0 unspecified atom stereocenters. The summed E-state index contributed by atoms with van der Waals surface area (Å²) >= 11 is 0. The van der Waals surface area contributed by atoms with Gasteiger partial charge in [-0.05, 0) is 35.7 Å². The van der Waals surface area contributed by atoms with Gasteiger partial charge in [0.05, 0.1) is 5.75 Å². The number of hydrogen-bond donors (Lipinski definition) is 1. The lowest BCUT2D eigenvalue weighted by atomic mass is 9.98. The van der Waals surface area contributed by atoms with Crippen molar-refractivity contribution in [3.8, 4) is 0 Å². The molecule has 0 bridgehead atoms. The predicted octanol–water partition coefficient (Wildman–Crippen LogP) is 1.11. The lowest BCUT2D eigenvalue weighted by molar-refractivity contribution is -0.122. The van der Waals surface area contributed by atoms with Crippen LogP contribution in [0.1, 0.15) is 18.4 Å². The van der Waals surface area contributed by atoms with Crippen LogP contribution in [0.2, 0.25) is 0 Å². The highest BCUT2D eigenvalue weighted by Crippen LogP contribution is 2.22. The molecule has 0 spiro atoms. The topological polar surface area (TPSA) is 110 Å². The van der Waals surface area contributed by atoms with Gasteiger partial charge in [0.1, 0.15) is 5.69 Å². The highest BCUT2D eigenvalue weighted by Gasteiger charge is 2.30. The van der Waals surface area contributed by atoms with E-state index in [9.17, 15) is 18.1 Å². The fourth-order valence-corrected chi connectivity index (χ4v) is 3.97. The number of carbonyl (C=O) groups is 1. The predicted molar refractivity (Wildman–Crippen MR) is 78.0 cm³/mol. The van der Waals surface area contributed by atoms with E-state index in [1.165, 1.54) is 16.4 Å². The summed E-state index contributed by atoms with van der Waals surface area (Å²) in [5, 5.41) is 2.79. The third-order valence-corrected chi connectivity index (χ3v) is 5.46. The fraction of sp³-hybridized carbons (Fsp3) is 0.462. The maximum absolute atomic E-state index is 12.3. The molecule has 1 heterocycles. The first kappa shape index (κ1) is 15.6. The second-order valence-electron chi connectivity index (χ2n) is 5.09. The van der Waals surface area contributed by atoms with Crippen molar-refractivity contribution >= 4 is 21.6 Å². The number of nitroso groups, excluding NO2 is 1. The van der Waals surface area contributed by atoms with Crippen LogP contribution in [0.4, 0.5) is 5.69 Å². The molecule has 1 saturated heterocycles. The molecule has 0 atom stereocenters. The number of carbonyl (C=O) groups excluding carboxylic acids is 1. The smallest absolute Gasteiger partial charge is 0.220 e. The summed E-state index contributed by atoms with van der Waals surface area (Å²) in [6.07, 6.45) is 0.898. The number of benzene rings is 1. The van der Waals surface area contributed by atoms with E-state index in [2.05, 4.69) is 5.18 Å². The van der Waals surface area contributed by atoms with Crippen molar-refractivity contribution in [1.29, 1.82) is 0 Å². The zero-order chi connectivity index (χ0) is 15.5. The molecule has 114 valence electrons. The number of nitrogens with two attached hydrogens (primary N) is 1. The molecule has 1 aromatic rings. The Labute approximate surface area is 123 Å². The van der Waals surface area contributed by atoms with Crippen LogP contribution in [0.5, 0.6) is 0 Å². The Morgan fingerprint density at radius 2 is 2.00 bits per heavy atom. The van der Waals surface area contributed by atoms with E-state index in [0.29, 0.717) is 31.5 Å². The van der Waals surface area contributed by atoms with Crippen molar-refractivity contribution in [2.45, 2.75) is 18.6 Å². The van der Waals surface area contributed by atoms with Crippen molar-refractivity contribution in [3.63, 3.8) is 0 Å². The molecule has 0 radical (unpaired) electrons. The first-order valence-electron chi connectivity index (χ1n) is 6.62. The number of rotatable bonds is 5. The minimum absolute atomic E-state index is 0.183. The molecular weight excluding hydrogens is 294 g/mol. The van der Waals surface area contributed by atoms with Gasteiger partial charge in [-0.2, -0.15) is 0 Å². The van der Waals surface area contributed by atoms with Crippen LogP contribution in [0, 0.1) is 10.8 Å². The van der Waals surface area contributed by atoms with E-state index in [0.717, 1.165) is 0 Å². The molecule has 1 aliphatic rings. The molecule has 0 aliphatic carbocycles. The quantitative estimate of drug-likeness (QED) is 0.821. The van der Waals surface area contributed by atoms with E-state index in [4.69, 9.17) is 5.73 Å². The van der Waals surface area contributed by atoms with Crippen LogP contribution in [0.3, 0.4) is 0 Å². The number of primary amides is 1. The monoisotopic (exact) mass is 311 g/mol. The minimum Gasteiger partial charge on any atom is -0.369 e. The van der Waals surface area contributed by atoms with Gasteiger partial charge in [0, 0.05) is 19.0 Å². The maximum atomic E-state index is 12.3. The van der Waals surface area contributed by atoms with Crippen LogP contribution in [-0.2, 0) is 20.6 Å². The van der Waals surface area contributed by atoms with Crippen molar-refractivity contribution < 1.29 is 13.2 Å². The van der Waals surface area contributed by atoms with Crippen LogP contribution in [-0.4, -0.2) is 31.7 Å². The number of hydrogen-bond acceptors (Lipinski definition) is 5. The molecule has 0 aromatic heterocycles. The van der Waals surface area contributed by atoms with Crippen LogP contribution < -0.4 is 5.73 Å². The largest absolute Gasteiger partial charge is 0.369 e. The molecule has 21 heavy (non-hydrogen) atoms. The average Bonchev–Trinajstić information content (AvgIpc) is 2.47. The summed E-state index contributed by atoms with van der Waals surface area (Å²) in [6, 6.07) is 6.21. The fourth-order valence-electron chi connectivity index (χ4n) is 2.42. The van der Waals surface area contributed by atoms with Crippen LogP contribution >= 0.6 is 0 Å². The molecule has 2 N–H and O–H groups in total. The lowest BCUT2D eigenvalue weighted by Crippen LogP contribution is -2.42. The van der Waals surface area contributed by atoms with Crippen molar-refractivity contribution in [1.82, 2.24) is 4.31 Å². The SMILES string of the molecule is NC(=O)C1CCN(S(=O)(=O)Cc2cccc(N=O)c2)CC1. The average molecular weight is 311 g/mol. The Hall–Kier alpha value is -1.80.